The molecule has 4 nitrogen and oxygen atoms in total. The highest BCUT2D eigenvalue weighted by Gasteiger charge is 2.37. The van der Waals surface area contributed by atoms with Gasteiger partial charge in [0.1, 0.15) is 0 Å². The molecule has 9 aromatic rings. The second-order valence-corrected chi connectivity index (χ2v) is 13.9. The standard InChI is InChI=1S/C47H32N4/c1-47(2)40-17-9-8-15-35(40)38-26-25-37-34-24-23-32(28-39(34)33-14-6-7-16-36(33)42(37)43(38)47)46-50-44(30-12-4-3-5-13-30)49-45(51-46)31-21-19-29(20-22-31)41-18-10-11-27-48-41/h3-28H,1-2H3. The van der Waals surface area contributed by atoms with Crippen molar-refractivity contribution in [1.82, 2.24) is 19.9 Å². The van der Waals surface area contributed by atoms with Crippen LogP contribution in [0.3, 0.4) is 0 Å². The van der Waals surface area contributed by atoms with Gasteiger partial charge >= 0.3 is 0 Å². The van der Waals surface area contributed by atoms with Crippen LogP contribution in [0.25, 0.3) is 88.9 Å². The van der Waals surface area contributed by atoms with Crippen LogP contribution in [-0.4, -0.2) is 19.9 Å². The van der Waals surface area contributed by atoms with Gasteiger partial charge in [-0.15, -0.1) is 0 Å². The quantitative estimate of drug-likeness (QED) is 0.178. The average molecular weight is 653 g/mol. The topological polar surface area (TPSA) is 51.6 Å². The van der Waals surface area contributed by atoms with Crippen molar-refractivity contribution in [2.75, 3.05) is 0 Å². The molecular weight excluding hydrogens is 621 g/mol. The molecule has 51 heavy (non-hydrogen) atoms. The lowest BCUT2D eigenvalue weighted by Gasteiger charge is -2.24. The van der Waals surface area contributed by atoms with Crippen LogP contribution in [0.15, 0.2) is 158 Å². The third kappa shape index (κ3) is 4.60. The van der Waals surface area contributed by atoms with E-state index in [0.29, 0.717) is 17.5 Å². The molecule has 0 fully saturated rings. The Morgan fingerprint density at radius 2 is 0.980 bits per heavy atom. The molecule has 4 heteroatoms. The van der Waals surface area contributed by atoms with Gasteiger partial charge in [0.05, 0.1) is 5.69 Å². The van der Waals surface area contributed by atoms with Gasteiger partial charge < -0.3 is 0 Å². The summed E-state index contributed by atoms with van der Waals surface area (Å²) in [5, 5.41) is 7.52. The molecule has 2 aromatic heterocycles. The second-order valence-electron chi connectivity index (χ2n) is 13.9. The van der Waals surface area contributed by atoms with Gasteiger partial charge in [0, 0.05) is 33.9 Å². The number of rotatable bonds is 4. The molecule has 0 atom stereocenters. The Morgan fingerprint density at radius 3 is 1.75 bits per heavy atom. The summed E-state index contributed by atoms with van der Waals surface area (Å²) in [5.41, 5.74) is 10.1. The number of aromatic nitrogens is 4. The van der Waals surface area contributed by atoms with Gasteiger partial charge in [-0.25, -0.2) is 15.0 Å². The summed E-state index contributed by atoms with van der Waals surface area (Å²) in [6, 6.07) is 53.4. The summed E-state index contributed by atoms with van der Waals surface area (Å²) in [6.07, 6.45) is 1.82. The smallest absolute Gasteiger partial charge is 0.164 e. The molecule has 0 saturated heterocycles. The van der Waals surface area contributed by atoms with E-state index in [1.807, 2.05) is 54.7 Å². The van der Waals surface area contributed by atoms with Gasteiger partial charge in [-0.2, -0.15) is 0 Å². The average Bonchev–Trinajstić information content (AvgIpc) is 3.44. The molecule has 0 unspecified atom stereocenters. The number of hydrogen-bond donors (Lipinski definition) is 0. The second kappa shape index (κ2) is 11.3. The molecule has 10 rings (SSSR count). The number of pyridine rings is 1. The van der Waals surface area contributed by atoms with E-state index in [2.05, 4.69) is 122 Å². The Kier molecular flexibility index (Phi) is 6.49. The minimum atomic E-state index is -0.118. The van der Waals surface area contributed by atoms with Crippen LogP contribution in [0.2, 0.25) is 0 Å². The Hall–Kier alpha value is -6.52. The summed E-state index contributed by atoms with van der Waals surface area (Å²) in [7, 11) is 0. The molecule has 0 radical (unpaired) electrons. The van der Waals surface area contributed by atoms with Crippen LogP contribution < -0.4 is 0 Å². The molecule has 0 spiro atoms. The SMILES string of the molecule is CC1(C)c2ccccc2-c2ccc3c4ccc(-c5nc(-c6ccccc6)nc(-c6ccc(-c7ccccn7)cc6)n5)cc4c4ccccc4c3c21. The molecule has 240 valence electrons. The predicted octanol–water partition coefficient (Wildman–Crippen LogP) is 11.7. The van der Waals surface area contributed by atoms with E-state index in [0.717, 1.165) is 27.9 Å². The summed E-state index contributed by atoms with van der Waals surface area (Å²) in [5.74, 6) is 1.92. The van der Waals surface area contributed by atoms with Gasteiger partial charge in [0.2, 0.25) is 0 Å². The Bertz CT molecular complexity index is 2790. The fraction of sp³-hybridized carbons (Fsp3) is 0.0638. The Labute approximate surface area is 296 Å². The Balaban J connectivity index is 1.18. The minimum absolute atomic E-state index is 0.118. The first-order valence-corrected chi connectivity index (χ1v) is 17.4. The lowest BCUT2D eigenvalue weighted by Crippen LogP contribution is -2.15. The van der Waals surface area contributed by atoms with Crippen molar-refractivity contribution in [2.24, 2.45) is 0 Å². The van der Waals surface area contributed by atoms with Crippen LogP contribution in [0, 0.1) is 0 Å². The highest BCUT2D eigenvalue weighted by atomic mass is 15.0. The largest absolute Gasteiger partial charge is 0.256 e. The summed E-state index contributed by atoms with van der Waals surface area (Å²) >= 11 is 0. The van der Waals surface area contributed by atoms with Crippen molar-refractivity contribution in [1.29, 1.82) is 0 Å². The van der Waals surface area contributed by atoms with Crippen molar-refractivity contribution >= 4 is 32.3 Å². The molecule has 0 bridgehead atoms. The van der Waals surface area contributed by atoms with Crippen molar-refractivity contribution < 1.29 is 0 Å². The van der Waals surface area contributed by atoms with Crippen molar-refractivity contribution in [3.8, 4) is 56.5 Å². The molecule has 0 saturated carbocycles. The third-order valence-electron chi connectivity index (χ3n) is 10.5. The van der Waals surface area contributed by atoms with E-state index in [1.54, 1.807) is 0 Å². The molecule has 0 aliphatic heterocycles. The molecule has 0 amide bonds. The summed E-state index contributed by atoms with van der Waals surface area (Å²) in [4.78, 5) is 19.7. The number of nitrogens with zero attached hydrogens (tertiary/aromatic N) is 4. The fourth-order valence-corrected chi connectivity index (χ4v) is 8.13. The van der Waals surface area contributed by atoms with Gasteiger partial charge in [-0.1, -0.05) is 147 Å². The first-order chi connectivity index (χ1) is 25.0. The number of hydrogen-bond acceptors (Lipinski definition) is 4. The van der Waals surface area contributed by atoms with Crippen LogP contribution >= 0.6 is 0 Å². The summed E-state index contributed by atoms with van der Waals surface area (Å²) < 4.78 is 0. The van der Waals surface area contributed by atoms with E-state index in [9.17, 15) is 0 Å². The first-order valence-electron chi connectivity index (χ1n) is 17.4. The van der Waals surface area contributed by atoms with Crippen LogP contribution in [0.1, 0.15) is 25.0 Å². The fourth-order valence-electron chi connectivity index (χ4n) is 8.13. The third-order valence-corrected chi connectivity index (χ3v) is 10.5. The number of fused-ring (bicyclic) bond motifs is 10. The van der Waals surface area contributed by atoms with E-state index in [4.69, 9.17) is 15.0 Å². The zero-order valence-electron chi connectivity index (χ0n) is 28.3. The molecular formula is C47H32N4. The van der Waals surface area contributed by atoms with Crippen molar-refractivity contribution in [3.63, 3.8) is 0 Å². The van der Waals surface area contributed by atoms with Crippen molar-refractivity contribution in [3.05, 3.63) is 169 Å². The zero-order valence-corrected chi connectivity index (χ0v) is 28.3. The molecule has 0 N–H and O–H groups in total. The van der Waals surface area contributed by atoms with E-state index < -0.39 is 0 Å². The Morgan fingerprint density at radius 1 is 0.412 bits per heavy atom. The van der Waals surface area contributed by atoms with E-state index >= 15 is 0 Å². The maximum atomic E-state index is 5.10. The highest BCUT2D eigenvalue weighted by molar-refractivity contribution is 6.27. The maximum Gasteiger partial charge on any atom is 0.164 e. The van der Waals surface area contributed by atoms with Gasteiger partial charge in [0.15, 0.2) is 17.5 Å². The summed E-state index contributed by atoms with van der Waals surface area (Å²) in [6.45, 7) is 4.74. The van der Waals surface area contributed by atoms with Gasteiger partial charge in [0.25, 0.3) is 0 Å². The normalized spacial score (nSPS) is 13.1. The minimum Gasteiger partial charge on any atom is -0.256 e. The zero-order chi connectivity index (χ0) is 34.1. The maximum absolute atomic E-state index is 5.10. The van der Waals surface area contributed by atoms with Gasteiger partial charge in [-0.3, -0.25) is 4.98 Å². The van der Waals surface area contributed by atoms with E-state index in [1.165, 1.54) is 54.6 Å². The molecule has 2 heterocycles. The van der Waals surface area contributed by atoms with Crippen LogP contribution in [0.5, 0.6) is 0 Å². The molecule has 7 aromatic carbocycles. The van der Waals surface area contributed by atoms with Gasteiger partial charge in [-0.05, 0) is 72.8 Å². The molecule has 1 aliphatic rings. The predicted molar refractivity (Wildman–Crippen MR) is 209 cm³/mol. The number of benzene rings is 7. The first kappa shape index (κ1) is 29.4. The van der Waals surface area contributed by atoms with Crippen LogP contribution in [-0.2, 0) is 5.41 Å². The lowest BCUT2D eigenvalue weighted by atomic mass is 9.78. The highest BCUT2D eigenvalue weighted by Crippen LogP contribution is 2.53. The van der Waals surface area contributed by atoms with Crippen molar-refractivity contribution in [2.45, 2.75) is 19.3 Å². The monoisotopic (exact) mass is 652 g/mol. The lowest BCUT2D eigenvalue weighted by molar-refractivity contribution is 0.666. The van der Waals surface area contributed by atoms with E-state index in [-0.39, 0.29) is 5.41 Å². The van der Waals surface area contributed by atoms with Crippen LogP contribution in [0.4, 0.5) is 0 Å². The molecule has 1 aliphatic carbocycles.